The highest BCUT2D eigenvalue weighted by molar-refractivity contribution is 6.31. The van der Waals surface area contributed by atoms with Crippen molar-refractivity contribution in [3.63, 3.8) is 0 Å². The Morgan fingerprint density at radius 1 is 1.09 bits per heavy atom. The first-order chi connectivity index (χ1) is 16.3. The number of carbonyl (C=O) groups excluding carboxylic acids is 1. The molecular weight excluding hydrogens is 500 g/mol. The van der Waals surface area contributed by atoms with E-state index in [0.717, 1.165) is 19.3 Å². The van der Waals surface area contributed by atoms with Gasteiger partial charge < -0.3 is 10.6 Å². The maximum absolute atomic E-state index is 13.4. The van der Waals surface area contributed by atoms with Gasteiger partial charge >= 0.3 is 12.4 Å². The van der Waals surface area contributed by atoms with Gasteiger partial charge in [0.2, 0.25) is 0 Å². The Labute approximate surface area is 200 Å². The number of hydrogen-bond acceptors (Lipinski definition) is 4. The molecule has 1 fully saturated rings. The van der Waals surface area contributed by atoms with Crippen LogP contribution in [0.25, 0.3) is 10.9 Å². The van der Waals surface area contributed by atoms with Gasteiger partial charge in [0.25, 0.3) is 5.91 Å². The molecule has 2 N–H and O–H groups in total. The predicted octanol–water partition coefficient (Wildman–Crippen LogP) is 5.81. The molecule has 1 aliphatic rings. The van der Waals surface area contributed by atoms with Crippen LogP contribution in [0.15, 0.2) is 30.5 Å². The lowest BCUT2D eigenvalue weighted by Gasteiger charge is -2.31. The van der Waals surface area contributed by atoms with Gasteiger partial charge in [0.05, 0.1) is 17.3 Å². The molecule has 1 amide bonds. The fraction of sp³-hybridized carbons (Fsp3) is 0.409. The predicted molar refractivity (Wildman–Crippen MR) is 117 cm³/mol. The molecule has 0 aliphatic heterocycles. The Morgan fingerprint density at radius 2 is 1.80 bits per heavy atom. The second-order valence-corrected chi connectivity index (χ2v) is 8.86. The van der Waals surface area contributed by atoms with Crippen LogP contribution in [0.3, 0.4) is 0 Å². The minimum absolute atomic E-state index is 0.114. The number of anilines is 1. The van der Waals surface area contributed by atoms with E-state index in [4.69, 9.17) is 11.6 Å². The number of halogens is 7. The van der Waals surface area contributed by atoms with Crippen LogP contribution < -0.4 is 10.6 Å². The van der Waals surface area contributed by atoms with Gasteiger partial charge in [0.15, 0.2) is 5.69 Å². The standard InChI is InChI=1S/C22H20ClF6N5O/c1-34-19(22(27,28)29)15(10-30-34)20(35)32-13-4-2-3-12(8-13)31-17-9-18(21(24,25)26)33-16-6-5-11(23)7-14(16)17/h5-7,9-10,12-13H,2-4,8H2,1H3,(H,31,33)(H,32,35)/t12-,13+/m0/s1. The molecule has 13 heteroatoms. The van der Waals surface area contributed by atoms with Gasteiger partial charge in [-0.3, -0.25) is 9.48 Å². The van der Waals surface area contributed by atoms with Crippen LogP contribution in [-0.4, -0.2) is 32.8 Å². The molecule has 3 aromatic rings. The number of aromatic nitrogens is 3. The summed E-state index contributed by atoms with van der Waals surface area (Å²) < 4.78 is 80.7. The smallest absolute Gasteiger partial charge is 0.382 e. The summed E-state index contributed by atoms with van der Waals surface area (Å²) in [5.41, 5.74) is -2.50. The Hall–Kier alpha value is -3.02. The molecule has 188 valence electrons. The number of hydrogen-bond donors (Lipinski definition) is 2. The molecule has 4 rings (SSSR count). The van der Waals surface area contributed by atoms with Gasteiger partial charge in [-0.15, -0.1) is 0 Å². The van der Waals surface area contributed by atoms with Crippen molar-refractivity contribution < 1.29 is 31.1 Å². The first kappa shape index (κ1) is 25.1. The number of nitrogens with one attached hydrogen (secondary N) is 2. The Balaban J connectivity index is 1.54. The Bertz CT molecular complexity index is 1260. The number of rotatable bonds is 4. The van der Waals surface area contributed by atoms with Crippen LogP contribution in [0.5, 0.6) is 0 Å². The third kappa shape index (κ3) is 5.47. The lowest BCUT2D eigenvalue weighted by atomic mass is 9.90. The fourth-order valence-corrected chi connectivity index (χ4v) is 4.51. The van der Waals surface area contributed by atoms with E-state index in [0.29, 0.717) is 40.8 Å². The summed E-state index contributed by atoms with van der Waals surface area (Å²) in [5, 5.41) is 9.99. The van der Waals surface area contributed by atoms with E-state index >= 15 is 0 Å². The molecular formula is C22H20ClF6N5O. The molecule has 1 aliphatic carbocycles. The number of fused-ring (bicyclic) bond motifs is 1. The highest BCUT2D eigenvalue weighted by atomic mass is 35.5. The molecule has 2 atom stereocenters. The number of nitrogens with zero attached hydrogens (tertiary/aromatic N) is 3. The van der Waals surface area contributed by atoms with Crippen molar-refractivity contribution in [2.75, 3.05) is 5.32 Å². The lowest BCUT2D eigenvalue weighted by Crippen LogP contribution is -2.42. The van der Waals surface area contributed by atoms with E-state index in [1.807, 2.05) is 0 Å². The molecule has 0 bridgehead atoms. The molecule has 6 nitrogen and oxygen atoms in total. The molecule has 35 heavy (non-hydrogen) atoms. The van der Waals surface area contributed by atoms with Crippen molar-refractivity contribution >= 4 is 34.1 Å². The van der Waals surface area contributed by atoms with Gasteiger partial charge in [-0.2, -0.15) is 31.4 Å². The number of benzene rings is 1. The van der Waals surface area contributed by atoms with Crippen molar-refractivity contribution in [3.05, 3.63) is 52.4 Å². The summed E-state index contributed by atoms with van der Waals surface area (Å²) in [5.74, 6) is -0.906. The van der Waals surface area contributed by atoms with Gasteiger partial charge in [-0.25, -0.2) is 4.98 Å². The van der Waals surface area contributed by atoms with Gasteiger partial charge in [0, 0.05) is 35.2 Å². The van der Waals surface area contributed by atoms with Crippen LogP contribution >= 0.6 is 11.6 Å². The maximum atomic E-state index is 13.4. The number of amides is 1. The van der Waals surface area contributed by atoms with Crippen molar-refractivity contribution in [3.8, 4) is 0 Å². The van der Waals surface area contributed by atoms with Gasteiger partial charge in [-0.1, -0.05) is 11.6 Å². The van der Waals surface area contributed by atoms with E-state index < -0.39 is 41.3 Å². The van der Waals surface area contributed by atoms with E-state index in [1.165, 1.54) is 18.2 Å². The maximum Gasteiger partial charge on any atom is 0.433 e. The van der Waals surface area contributed by atoms with Crippen molar-refractivity contribution in [2.24, 2.45) is 7.05 Å². The second-order valence-electron chi connectivity index (χ2n) is 8.42. The Morgan fingerprint density at radius 3 is 2.49 bits per heavy atom. The zero-order chi connectivity index (χ0) is 25.5. The van der Waals surface area contributed by atoms with Crippen LogP contribution in [0.4, 0.5) is 32.0 Å². The molecule has 1 aromatic carbocycles. The first-order valence-corrected chi connectivity index (χ1v) is 11.0. The van der Waals surface area contributed by atoms with Crippen LogP contribution in [0.1, 0.15) is 47.4 Å². The van der Waals surface area contributed by atoms with Crippen LogP contribution in [-0.2, 0) is 19.4 Å². The normalized spacial score (nSPS) is 19.1. The van der Waals surface area contributed by atoms with E-state index in [9.17, 15) is 31.1 Å². The zero-order valence-corrected chi connectivity index (χ0v) is 19.0. The molecule has 0 saturated heterocycles. The van der Waals surface area contributed by atoms with Crippen molar-refractivity contribution in [2.45, 2.75) is 50.1 Å². The van der Waals surface area contributed by atoms with Crippen LogP contribution in [0, 0.1) is 0 Å². The third-order valence-electron chi connectivity index (χ3n) is 5.88. The van der Waals surface area contributed by atoms with Crippen molar-refractivity contribution in [1.82, 2.24) is 20.1 Å². The monoisotopic (exact) mass is 519 g/mol. The quantitative estimate of drug-likeness (QED) is 0.427. The lowest BCUT2D eigenvalue weighted by molar-refractivity contribution is -0.144. The molecule has 0 radical (unpaired) electrons. The number of alkyl halides is 6. The highest BCUT2D eigenvalue weighted by Gasteiger charge is 2.40. The molecule has 0 spiro atoms. The summed E-state index contributed by atoms with van der Waals surface area (Å²) in [6.07, 6.45) is -6.53. The Kier molecular flexibility index (Phi) is 6.60. The summed E-state index contributed by atoms with van der Waals surface area (Å²) in [6, 6.07) is 4.45. The summed E-state index contributed by atoms with van der Waals surface area (Å²) in [7, 11) is 1.10. The highest BCUT2D eigenvalue weighted by Crippen LogP contribution is 2.36. The number of aryl methyl sites for hydroxylation is 1. The summed E-state index contributed by atoms with van der Waals surface area (Å²) in [6.45, 7) is 0. The second kappa shape index (κ2) is 9.21. The average Bonchev–Trinajstić information content (AvgIpc) is 3.15. The largest absolute Gasteiger partial charge is 0.433 e. The topological polar surface area (TPSA) is 71.8 Å². The molecule has 2 heterocycles. The number of carbonyl (C=O) groups is 1. The van der Waals surface area contributed by atoms with Crippen molar-refractivity contribution in [1.29, 1.82) is 0 Å². The minimum Gasteiger partial charge on any atom is -0.382 e. The number of pyridine rings is 1. The molecule has 0 unspecified atom stereocenters. The van der Waals surface area contributed by atoms with Gasteiger partial charge in [-0.05, 0) is 49.9 Å². The zero-order valence-electron chi connectivity index (χ0n) is 18.3. The molecule has 2 aromatic heterocycles. The van der Waals surface area contributed by atoms with E-state index in [2.05, 4.69) is 20.7 Å². The summed E-state index contributed by atoms with van der Waals surface area (Å²) in [4.78, 5) is 16.3. The van der Waals surface area contributed by atoms with E-state index in [-0.39, 0.29) is 17.2 Å². The molecule has 1 saturated carbocycles. The first-order valence-electron chi connectivity index (χ1n) is 10.7. The van der Waals surface area contributed by atoms with Gasteiger partial charge in [0.1, 0.15) is 5.69 Å². The van der Waals surface area contributed by atoms with E-state index in [1.54, 1.807) is 0 Å². The summed E-state index contributed by atoms with van der Waals surface area (Å²) >= 11 is 6.04. The fourth-order valence-electron chi connectivity index (χ4n) is 4.34. The SMILES string of the molecule is Cn1ncc(C(=O)N[C@@H]2CCC[C@H](Nc3cc(C(F)(F)F)nc4ccc(Cl)cc34)C2)c1C(F)(F)F. The minimum atomic E-state index is -4.76. The average molecular weight is 520 g/mol. The van der Waals surface area contributed by atoms with Crippen LogP contribution in [0.2, 0.25) is 5.02 Å². The third-order valence-corrected chi connectivity index (χ3v) is 6.12.